The lowest BCUT2D eigenvalue weighted by Gasteiger charge is -2.02. The minimum absolute atomic E-state index is 0.00776. The molecule has 0 aliphatic rings. The summed E-state index contributed by atoms with van der Waals surface area (Å²) >= 11 is 15.2. The van der Waals surface area contributed by atoms with E-state index in [1.54, 1.807) is 0 Å². The summed E-state index contributed by atoms with van der Waals surface area (Å²) in [6.07, 6.45) is 0. The van der Waals surface area contributed by atoms with Gasteiger partial charge in [-0.15, -0.1) is 0 Å². The summed E-state index contributed by atoms with van der Waals surface area (Å²) in [6, 6.07) is 1.36. The van der Waals surface area contributed by atoms with Gasteiger partial charge in [0.05, 0.1) is 10.0 Å². The smallest absolute Gasteiger partial charge is 0.466 e. The number of benzene rings is 1. The molecule has 6 nitrogen and oxygen atoms in total. The maximum atomic E-state index is 10.6. The van der Waals surface area contributed by atoms with E-state index in [9.17, 15) is 8.18 Å². The second kappa shape index (κ2) is 7.20. The first-order valence-electron chi connectivity index (χ1n) is 3.49. The molecule has 98 valence electrons. The van der Waals surface area contributed by atoms with Gasteiger partial charge in [-0.05, 0) is 6.07 Å². The van der Waals surface area contributed by atoms with Gasteiger partial charge in [0.2, 0.25) is 0 Å². The molecule has 0 fully saturated rings. The zero-order chi connectivity index (χ0) is 13.8. The molecule has 0 bridgehead atoms. The van der Waals surface area contributed by atoms with E-state index in [-0.39, 0.29) is 24.4 Å². The van der Waals surface area contributed by atoms with Crippen LogP contribution in [0.1, 0.15) is 0 Å². The van der Waals surface area contributed by atoms with Crippen molar-refractivity contribution >= 4 is 63.8 Å². The molecule has 1 rings (SSSR count). The maximum Gasteiger partial charge on any atom is 0.466 e. The van der Waals surface area contributed by atoms with Crippen molar-refractivity contribution in [1.29, 1.82) is 0 Å². The summed E-state index contributed by atoms with van der Waals surface area (Å²) in [7, 11) is -4.64. The average molecular weight is 437 g/mol. The van der Waals surface area contributed by atoms with Gasteiger partial charge in [0.15, 0.2) is 26.9 Å². The molecule has 0 radical (unpaired) electrons. The highest BCUT2D eigenvalue weighted by Crippen LogP contribution is 2.40. The van der Waals surface area contributed by atoms with E-state index in [0.29, 0.717) is 0 Å². The van der Waals surface area contributed by atoms with E-state index in [1.807, 2.05) is 0 Å². The van der Waals surface area contributed by atoms with Crippen molar-refractivity contribution in [3.8, 4) is 5.75 Å². The molecule has 11 heteroatoms. The number of hydrogen-bond donors (Lipinski definition) is 4. The van der Waals surface area contributed by atoms with Gasteiger partial charge in [0.1, 0.15) is 8.59 Å². The molecule has 1 aromatic carbocycles. The highest BCUT2D eigenvalue weighted by molar-refractivity contribution is 14.1. The highest BCUT2D eigenvalue weighted by atomic mass is 127. The van der Waals surface area contributed by atoms with Crippen molar-refractivity contribution in [2.24, 2.45) is 0 Å². The summed E-state index contributed by atoms with van der Waals surface area (Å²) in [6.45, 7) is 0. The quantitative estimate of drug-likeness (QED) is 0.305. The number of aromatic hydroxyl groups is 1. The molecule has 0 aromatic heterocycles. The lowest BCUT2D eigenvalue weighted by molar-refractivity contribution is 0.275. The summed E-state index contributed by atoms with van der Waals surface area (Å²) in [5.41, 5.74) is 0. The predicted molar refractivity (Wildman–Crippen MR) is 70.8 cm³/mol. The third-order valence-electron chi connectivity index (χ3n) is 1.17. The van der Waals surface area contributed by atoms with Gasteiger partial charge in [0.25, 0.3) is 0 Å². The molecule has 1 aromatic rings. The van der Waals surface area contributed by atoms with Crippen molar-refractivity contribution in [1.82, 2.24) is 0 Å². The SMILES string of the molecule is O=Ic1c(Cl)cc(Cl)c(Cl)c1O.O=P(O)(O)O. The Hall–Kier alpha value is 0.530. The molecule has 0 atom stereocenters. The Bertz CT molecular complexity index is 467. The van der Waals surface area contributed by atoms with E-state index < -0.39 is 29.0 Å². The van der Waals surface area contributed by atoms with Gasteiger partial charge in [0, 0.05) is 0 Å². The second-order valence-corrected chi connectivity index (χ2v) is 6.15. The first-order valence-corrected chi connectivity index (χ1v) is 8.15. The Kier molecular flexibility index (Phi) is 7.43. The third-order valence-corrected chi connectivity index (χ3v) is 4.09. The average Bonchev–Trinajstić information content (AvgIpc) is 2.12. The Morgan fingerprint density at radius 1 is 1.12 bits per heavy atom. The number of rotatable bonds is 1. The minimum atomic E-state index is -4.64. The molecular weight excluding hydrogens is 432 g/mol. The minimum Gasteiger partial charge on any atom is -0.505 e. The van der Waals surface area contributed by atoms with Crippen molar-refractivity contribution in [2.45, 2.75) is 0 Å². The van der Waals surface area contributed by atoms with Crippen molar-refractivity contribution in [3.05, 3.63) is 24.7 Å². The number of phosphoric acid groups is 1. The van der Waals surface area contributed by atoms with Crippen LogP contribution in [0.3, 0.4) is 0 Å². The van der Waals surface area contributed by atoms with Crippen LogP contribution in [0, 0.1) is 3.57 Å². The Morgan fingerprint density at radius 2 is 1.53 bits per heavy atom. The number of halogens is 4. The van der Waals surface area contributed by atoms with Crippen molar-refractivity contribution in [2.75, 3.05) is 0 Å². The van der Waals surface area contributed by atoms with Gasteiger partial charge < -0.3 is 19.8 Å². The molecule has 0 unspecified atom stereocenters. The van der Waals surface area contributed by atoms with Crippen LogP contribution in [0.15, 0.2) is 6.07 Å². The van der Waals surface area contributed by atoms with Gasteiger partial charge in [-0.2, -0.15) is 0 Å². The van der Waals surface area contributed by atoms with Crippen LogP contribution < -0.4 is 0 Å². The van der Waals surface area contributed by atoms with Crippen LogP contribution in [0.25, 0.3) is 0 Å². The van der Waals surface area contributed by atoms with Gasteiger partial charge >= 0.3 is 7.82 Å². The molecule has 0 heterocycles. The summed E-state index contributed by atoms with van der Waals surface area (Å²) < 4.78 is 19.7. The Balaban J connectivity index is 0.000000437. The normalized spacial score (nSPS) is 10.7. The van der Waals surface area contributed by atoms with Crippen molar-refractivity contribution in [3.63, 3.8) is 0 Å². The fourth-order valence-corrected chi connectivity index (χ4v) is 2.44. The molecule has 0 spiro atoms. The first-order chi connectivity index (χ1) is 7.57. The van der Waals surface area contributed by atoms with E-state index in [0.717, 1.165) is 0 Å². The molecule has 0 saturated heterocycles. The van der Waals surface area contributed by atoms with Gasteiger partial charge in [-0.1, -0.05) is 34.8 Å². The maximum absolute atomic E-state index is 10.6. The predicted octanol–water partition coefficient (Wildman–Crippen LogP) is 2.91. The summed E-state index contributed by atoms with van der Waals surface area (Å²) in [4.78, 5) is 21.6. The molecule has 0 aliphatic heterocycles. The largest absolute Gasteiger partial charge is 0.505 e. The van der Waals surface area contributed by atoms with Crippen LogP contribution in [0.4, 0.5) is 0 Å². The van der Waals surface area contributed by atoms with E-state index in [4.69, 9.17) is 54.0 Å². The second-order valence-electron chi connectivity index (χ2n) is 2.41. The Labute approximate surface area is 121 Å². The molecule has 4 N–H and O–H groups in total. The standard InChI is InChI=1S/C6H2Cl3IO2.H3O4P/c7-2-1-3(8)5(10-12)6(11)4(2)9;1-5(2,3)4/h1,11H;(H3,1,2,3,4). The lowest BCUT2D eigenvalue weighted by atomic mass is 10.3. The van der Waals surface area contributed by atoms with Gasteiger partial charge in [-0.25, -0.2) is 4.57 Å². The monoisotopic (exact) mass is 436 g/mol. The van der Waals surface area contributed by atoms with Gasteiger partial charge in [-0.3, -0.25) is 3.07 Å². The fraction of sp³-hybridized carbons (Fsp3) is 0. The molecular formula is C6H5Cl3IO6P. The molecule has 0 saturated carbocycles. The molecule has 0 aliphatic carbocycles. The lowest BCUT2D eigenvalue weighted by Crippen LogP contribution is -1.79. The zero-order valence-electron chi connectivity index (χ0n) is 7.64. The third kappa shape index (κ3) is 6.88. The topological polar surface area (TPSA) is 115 Å². The fourth-order valence-electron chi connectivity index (χ4n) is 0.634. The summed E-state index contributed by atoms with van der Waals surface area (Å²) in [5, 5.41) is 9.62. The number of phenolic OH excluding ortho intramolecular Hbond substituents is 1. The zero-order valence-corrected chi connectivity index (χ0v) is 13.0. The number of phenols is 1. The van der Waals surface area contributed by atoms with Crippen LogP contribution in [-0.4, -0.2) is 19.8 Å². The van der Waals surface area contributed by atoms with Crippen LogP contribution in [-0.2, 0) is 7.63 Å². The van der Waals surface area contributed by atoms with Crippen LogP contribution in [0.2, 0.25) is 15.1 Å². The highest BCUT2D eigenvalue weighted by Gasteiger charge is 2.14. The molecule has 0 amide bonds. The van der Waals surface area contributed by atoms with E-state index >= 15 is 0 Å². The molecule has 17 heavy (non-hydrogen) atoms. The Morgan fingerprint density at radius 3 is 1.88 bits per heavy atom. The first kappa shape index (κ1) is 17.5. The van der Waals surface area contributed by atoms with Crippen LogP contribution >= 0.6 is 63.8 Å². The van der Waals surface area contributed by atoms with E-state index in [2.05, 4.69) is 0 Å². The number of hydrogen-bond acceptors (Lipinski definition) is 3. The van der Waals surface area contributed by atoms with Crippen LogP contribution in [0.5, 0.6) is 5.75 Å². The van der Waals surface area contributed by atoms with E-state index in [1.165, 1.54) is 6.07 Å². The summed E-state index contributed by atoms with van der Waals surface area (Å²) in [5.74, 6) is -0.281. The van der Waals surface area contributed by atoms with Crippen molar-refractivity contribution < 1.29 is 27.4 Å².